The van der Waals surface area contributed by atoms with E-state index in [1.54, 1.807) is 0 Å². The van der Waals surface area contributed by atoms with Crippen LogP contribution in [0.2, 0.25) is 18.1 Å². The van der Waals surface area contributed by atoms with Crippen LogP contribution in [0.15, 0.2) is 66.7 Å². The zero-order chi connectivity index (χ0) is 23.5. The Kier molecular flexibility index (Phi) is 7.30. The Labute approximate surface area is 202 Å². The molecule has 1 aliphatic heterocycles. The second kappa shape index (κ2) is 10.0. The van der Waals surface area contributed by atoms with Crippen LogP contribution in [-0.2, 0) is 0 Å². The van der Waals surface area contributed by atoms with Gasteiger partial charge in [0.1, 0.15) is 5.75 Å². The van der Waals surface area contributed by atoms with Crippen molar-refractivity contribution in [3.8, 4) is 5.75 Å². The summed E-state index contributed by atoms with van der Waals surface area (Å²) in [6.07, 6.45) is 9.76. The molecule has 1 heterocycles. The molecule has 2 aliphatic rings. The SMILES string of the molecule is CC(C)(C)[Si](C)(C)Oc1ccc(C2=CCC[C@@H](CN3CC=C(c4ccccc4)CC3)C2)cc1. The molecule has 0 saturated carbocycles. The van der Waals surface area contributed by atoms with Crippen molar-refractivity contribution in [2.45, 2.75) is 64.6 Å². The topological polar surface area (TPSA) is 12.5 Å². The predicted molar refractivity (Wildman–Crippen MR) is 145 cm³/mol. The van der Waals surface area contributed by atoms with Crippen molar-refractivity contribution in [3.05, 3.63) is 77.9 Å². The van der Waals surface area contributed by atoms with Crippen LogP contribution < -0.4 is 4.43 Å². The number of allylic oxidation sites excluding steroid dienone is 2. The highest BCUT2D eigenvalue weighted by Gasteiger charge is 2.38. The van der Waals surface area contributed by atoms with Gasteiger partial charge in [-0.15, -0.1) is 0 Å². The average Bonchev–Trinajstić information content (AvgIpc) is 2.80. The first-order chi connectivity index (χ1) is 15.7. The van der Waals surface area contributed by atoms with Crippen LogP contribution in [0, 0.1) is 5.92 Å². The molecule has 0 unspecified atom stereocenters. The summed E-state index contributed by atoms with van der Waals surface area (Å²) >= 11 is 0. The first kappa shape index (κ1) is 24.0. The number of hydrogen-bond donors (Lipinski definition) is 0. The molecular weight excluding hydrogens is 418 g/mol. The van der Waals surface area contributed by atoms with E-state index < -0.39 is 8.32 Å². The monoisotopic (exact) mass is 459 g/mol. The van der Waals surface area contributed by atoms with Crippen molar-refractivity contribution in [2.24, 2.45) is 5.92 Å². The van der Waals surface area contributed by atoms with Crippen molar-refractivity contribution >= 4 is 19.5 Å². The van der Waals surface area contributed by atoms with E-state index in [9.17, 15) is 0 Å². The molecule has 0 fully saturated rings. The van der Waals surface area contributed by atoms with Crippen LogP contribution in [-0.4, -0.2) is 32.9 Å². The fourth-order valence-electron chi connectivity index (χ4n) is 4.72. The zero-order valence-electron chi connectivity index (χ0n) is 21.2. The van der Waals surface area contributed by atoms with Gasteiger partial charge < -0.3 is 4.43 Å². The van der Waals surface area contributed by atoms with Gasteiger partial charge in [0, 0.05) is 19.6 Å². The summed E-state index contributed by atoms with van der Waals surface area (Å²) in [6, 6.07) is 19.8. The summed E-state index contributed by atoms with van der Waals surface area (Å²) in [5, 5.41) is 0.219. The predicted octanol–water partition coefficient (Wildman–Crippen LogP) is 8.04. The Morgan fingerprint density at radius 1 is 0.909 bits per heavy atom. The van der Waals surface area contributed by atoms with E-state index in [2.05, 4.69) is 106 Å². The summed E-state index contributed by atoms with van der Waals surface area (Å²) < 4.78 is 6.48. The molecule has 0 spiro atoms. The molecule has 176 valence electrons. The smallest absolute Gasteiger partial charge is 0.250 e. The number of hydrogen-bond acceptors (Lipinski definition) is 2. The quantitative estimate of drug-likeness (QED) is 0.405. The highest BCUT2D eigenvalue weighted by atomic mass is 28.4. The molecule has 3 heteroatoms. The van der Waals surface area contributed by atoms with Gasteiger partial charge in [0.05, 0.1) is 0 Å². The van der Waals surface area contributed by atoms with Gasteiger partial charge in [-0.2, -0.15) is 0 Å². The minimum Gasteiger partial charge on any atom is -0.544 e. The Balaban J connectivity index is 1.33. The lowest BCUT2D eigenvalue weighted by Gasteiger charge is -2.36. The normalized spacial score (nSPS) is 20.2. The summed E-state index contributed by atoms with van der Waals surface area (Å²) in [5.74, 6) is 1.77. The van der Waals surface area contributed by atoms with E-state index in [0.717, 1.165) is 24.6 Å². The first-order valence-corrected chi connectivity index (χ1v) is 15.6. The molecule has 2 aromatic rings. The van der Waals surface area contributed by atoms with E-state index in [4.69, 9.17) is 4.43 Å². The maximum atomic E-state index is 6.48. The molecular formula is C30H41NOSi. The first-order valence-electron chi connectivity index (χ1n) is 12.7. The Bertz CT molecular complexity index is 982. The van der Waals surface area contributed by atoms with Gasteiger partial charge in [-0.05, 0) is 84.1 Å². The number of rotatable bonds is 6. The van der Waals surface area contributed by atoms with Gasteiger partial charge >= 0.3 is 0 Å². The molecule has 2 aromatic carbocycles. The third kappa shape index (κ3) is 6.07. The largest absolute Gasteiger partial charge is 0.544 e. The van der Waals surface area contributed by atoms with Crippen molar-refractivity contribution in [3.63, 3.8) is 0 Å². The van der Waals surface area contributed by atoms with Crippen LogP contribution in [0.5, 0.6) is 5.75 Å². The van der Waals surface area contributed by atoms with Crippen LogP contribution in [0.3, 0.4) is 0 Å². The number of nitrogens with zero attached hydrogens (tertiary/aromatic N) is 1. The molecule has 0 radical (unpaired) electrons. The molecule has 2 nitrogen and oxygen atoms in total. The molecule has 0 saturated heterocycles. The second-order valence-corrected chi connectivity index (χ2v) is 16.1. The average molecular weight is 460 g/mol. The lowest BCUT2D eigenvalue weighted by molar-refractivity contribution is 0.244. The Hall–Kier alpha value is -2.10. The van der Waals surface area contributed by atoms with E-state index in [1.165, 1.54) is 54.6 Å². The fraction of sp³-hybridized carbons (Fsp3) is 0.467. The summed E-state index contributed by atoms with van der Waals surface area (Å²) in [4.78, 5) is 2.65. The van der Waals surface area contributed by atoms with E-state index in [0.29, 0.717) is 0 Å². The van der Waals surface area contributed by atoms with Crippen LogP contribution >= 0.6 is 0 Å². The maximum absolute atomic E-state index is 6.48. The van der Waals surface area contributed by atoms with E-state index in [-0.39, 0.29) is 5.04 Å². The maximum Gasteiger partial charge on any atom is 0.250 e. The second-order valence-electron chi connectivity index (χ2n) is 11.4. The molecule has 1 atom stereocenters. The van der Waals surface area contributed by atoms with Crippen molar-refractivity contribution in [1.29, 1.82) is 0 Å². The van der Waals surface area contributed by atoms with Gasteiger partial charge in [0.2, 0.25) is 8.32 Å². The summed E-state index contributed by atoms with van der Waals surface area (Å²) in [6.45, 7) is 15.0. The van der Waals surface area contributed by atoms with Crippen molar-refractivity contribution in [2.75, 3.05) is 19.6 Å². The highest BCUT2D eigenvalue weighted by Crippen LogP contribution is 2.38. The molecule has 0 amide bonds. The molecule has 0 aromatic heterocycles. The van der Waals surface area contributed by atoms with Crippen LogP contribution in [0.1, 0.15) is 57.6 Å². The van der Waals surface area contributed by atoms with Gasteiger partial charge in [-0.3, -0.25) is 4.90 Å². The third-order valence-corrected chi connectivity index (χ3v) is 12.2. The molecule has 4 rings (SSSR count). The molecule has 0 bridgehead atoms. The Morgan fingerprint density at radius 3 is 2.24 bits per heavy atom. The lowest BCUT2D eigenvalue weighted by atomic mass is 9.85. The lowest BCUT2D eigenvalue weighted by Crippen LogP contribution is -2.43. The molecule has 0 N–H and O–H groups in total. The minimum absolute atomic E-state index is 0.219. The van der Waals surface area contributed by atoms with E-state index in [1.807, 2.05) is 0 Å². The minimum atomic E-state index is -1.79. The van der Waals surface area contributed by atoms with Crippen molar-refractivity contribution in [1.82, 2.24) is 4.90 Å². The third-order valence-electron chi connectivity index (χ3n) is 7.83. The van der Waals surface area contributed by atoms with Crippen LogP contribution in [0.4, 0.5) is 0 Å². The summed E-state index contributed by atoms with van der Waals surface area (Å²) in [7, 11) is -1.79. The molecule has 1 aliphatic carbocycles. The zero-order valence-corrected chi connectivity index (χ0v) is 22.2. The Morgan fingerprint density at radius 2 is 1.61 bits per heavy atom. The van der Waals surface area contributed by atoms with Gasteiger partial charge in [0.25, 0.3) is 0 Å². The van der Waals surface area contributed by atoms with Crippen LogP contribution in [0.25, 0.3) is 11.1 Å². The van der Waals surface area contributed by atoms with E-state index >= 15 is 0 Å². The standard InChI is InChI=1S/C30H41NOSi/c1-30(2,3)33(4,5)32-29-16-14-26(15-17-29)28-13-9-10-24(22-28)23-31-20-18-27(19-21-31)25-11-7-6-8-12-25/h6-8,11-18,24H,9-10,19-23H2,1-5H3/t24-/m1/s1. The molecule has 33 heavy (non-hydrogen) atoms. The number of benzene rings is 2. The van der Waals surface area contributed by atoms with Gasteiger partial charge in [-0.25, -0.2) is 0 Å². The summed E-state index contributed by atoms with van der Waals surface area (Å²) in [5.41, 5.74) is 5.78. The van der Waals surface area contributed by atoms with Gasteiger partial charge in [0.15, 0.2) is 0 Å². The van der Waals surface area contributed by atoms with Gasteiger partial charge in [-0.1, -0.05) is 75.4 Å². The van der Waals surface area contributed by atoms with Crippen molar-refractivity contribution < 1.29 is 4.43 Å². The fourth-order valence-corrected chi connectivity index (χ4v) is 5.75. The highest BCUT2D eigenvalue weighted by molar-refractivity contribution is 6.74.